The summed E-state index contributed by atoms with van der Waals surface area (Å²) in [4.78, 5) is 3.29. The van der Waals surface area contributed by atoms with Crippen LogP contribution in [0.1, 0.15) is 11.1 Å². The van der Waals surface area contributed by atoms with Crippen LogP contribution in [0, 0.1) is 18.6 Å². The zero-order valence-electron chi connectivity index (χ0n) is 11.7. The third kappa shape index (κ3) is 1.93. The second-order valence-electron chi connectivity index (χ2n) is 4.89. The molecule has 4 heteroatoms. The molecule has 0 saturated carbocycles. The summed E-state index contributed by atoms with van der Waals surface area (Å²) in [5.41, 5.74) is 5.52. The first kappa shape index (κ1) is 12.9. The number of fused-ring (bicyclic) bond motifs is 1. The molecule has 0 bridgehead atoms. The van der Waals surface area contributed by atoms with Gasteiger partial charge in [-0.05, 0) is 61.5 Å². The number of nitrogens with one attached hydrogen (secondary N) is 1. The van der Waals surface area contributed by atoms with Crippen molar-refractivity contribution in [3.05, 3.63) is 52.3 Å². The normalized spacial score (nSPS) is 10.9. The summed E-state index contributed by atoms with van der Waals surface area (Å²) < 4.78 is 8.08. The van der Waals surface area contributed by atoms with Crippen molar-refractivity contribution in [3.63, 3.8) is 0 Å². The third-order valence-electron chi connectivity index (χ3n) is 3.56. The molecule has 0 aliphatic heterocycles. The molecule has 0 atom stereocenters. The van der Waals surface area contributed by atoms with Crippen molar-refractivity contribution in [2.45, 2.75) is 13.8 Å². The van der Waals surface area contributed by atoms with Crippen LogP contribution >= 0.6 is 12.2 Å². The fraction of sp³-hybridized carbons (Fsp3) is 0.188. The van der Waals surface area contributed by atoms with Gasteiger partial charge in [0.05, 0.1) is 18.1 Å². The summed E-state index contributed by atoms with van der Waals surface area (Å²) in [6.45, 7) is 4.11. The predicted molar refractivity (Wildman–Crippen MR) is 84.5 cm³/mol. The second-order valence-corrected chi connectivity index (χ2v) is 5.28. The average molecular weight is 284 g/mol. The van der Waals surface area contributed by atoms with Gasteiger partial charge in [-0.2, -0.15) is 0 Å². The van der Waals surface area contributed by atoms with Gasteiger partial charge < -0.3 is 9.72 Å². The van der Waals surface area contributed by atoms with E-state index in [1.807, 2.05) is 25.1 Å². The van der Waals surface area contributed by atoms with E-state index in [4.69, 9.17) is 17.0 Å². The number of rotatable bonds is 2. The number of hydrogen-bond acceptors (Lipinski definition) is 2. The lowest BCUT2D eigenvalue weighted by molar-refractivity contribution is 0.411. The van der Waals surface area contributed by atoms with E-state index in [0.29, 0.717) is 4.77 Å². The fourth-order valence-electron chi connectivity index (χ4n) is 2.53. The summed E-state index contributed by atoms with van der Waals surface area (Å²) in [5, 5.41) is 0. The van der Waals surface area contributed by atoms with Crippen LogP contribution in [0.3, 0.4) is 0 Å². The molecule has 3 nitrogen and oxygen atoms in total. The minimum absolute atomic E-state index is 0.707. The van der Waals surface area contributed by atoms with Crippen molar-refractivity contribution in [1.82, 2.24) is 9.55 Å². The molecule has 0 radical (unpaired) electrons. The van der Waals surface area contributed by atoms with Crippen LogP contribution in [0.15, 0.2) is 36.4 Å². The van der Waals surface area contributed by atoms with E-state index >= 15 is 0 Å². The first-order chi connectivity index (χ1) is 9.61. The Morgan fingerprint density at radius 2 is 1.90 bits per heavy atom. The Hall–Kier alpha value is -2.07. The van der Waals surface area contributed by atoms with Crippen LogP contribution in [-0.4, -0.2) is 16.7 Å². The predicted octanol–water partition coefficient (Wildman–Crippen LogP) is 4.31. The van der Waals surface area contributed by atoms with Gasteiger partial charge in [0.2, 0.25) is 0 Å². The zero-order chi connectivity index (χ0) is 14.3. The molecular formula is C16H16N2OS. The number of ether oxygens (including phenoxy) is 1. The standard InChI is InChI=1S/C16H16N2OS/c1-10-5-4-6-13-15(10)17-16(20)18(13)12-7-8-14(19-3)11(2)9-12/h4-9H,1-3H3,(H,17,20). The van der Waals surface area contributed by atoms with Crippen molar-refractivity contribution < 1.29 is 4.74 Å². The van der Waals surface area contributed by atoms with Crippen molar-refractivity contribution in [3.8, 4) is 11.4 Å². The number of aromatic nitrogens is 2. The summed E-state index contributed by atoms with van der Waals surface area (Å²) in [6.07, 6.45) is 0. The molecule has 1 aromatic heterocycles. The Morgan fingerprint density at radius 3 is 2.60 bits per heavy atom. The van der Waals surface area contributed by atoms with E-state index in [0.717, 1.165) is 28.0 Å². The Morgan fingerprint density at radius 1 is 1.10 bits per heavy atom. The molecule has 20 heavy (non-hydrogen) atoms. The van der Waals surface area contributed by atoms with Crippen molar-refractivity contribution in [2.24, 2.45) is 0 Å². The highest BCUT2D eigenvalue weighted by Crippen LogP contribution is 2.25. The molecular weight excluding hydrogens is 268 g/mol. The molecule has 0 saturated heterocycles. The highest BCUT2D eigenvalue weighted by molar-refractivity contribution is 7.71. The number of benzene rings is 2. The largest absolute Gasteiger partial charge is 0.496 e. The molecule has 102 valence electrons. The maximum Gasteiger partial charge on any atom is 0.182 e. The van der Waals surface area contributed by atoms with E-state index < -0.39 is 0 Å². The van der Waals surface area contributed by atoms with Gasteiger partial charge in [-0.1, -0.05) is 12.1 Å². The summed E-state index contributed by atoms with van der Waals surface area (Å²) >= 11 is 5.48. The number of hydrogen-bond donors (Lipinski definition) is 1. The number of imidazole rings is 1. The SMILES string of the molecule is COc1ccc(-n2c(=S)[nH]c3c(C)cccc32)cc1C. The third-order valence-corrected chi connectivity index (χ3v) is 3.85. The van der Waals surface area contributed by atoms with Gasteiger partial charge in [0.25, 0.3) is 0 Å². The molecule has 0 spiro atoms. The van der Waals surface area contributed by atoms with E-state index in [2.05, 4.69) is 34.7 Å². The highest BCUT2D eigenvalue weighted by atomic mass is 32.1. The summed E-state index contributed by atoms with van der Waals surface area (Å²) in [7, 11) is 1.68. The zero-order valence-corrected chi connectivity index (χ0v) is 12.5. The van der Waals surface area contributed by atoms with Crippen LogP contribution < -0.4 is 4.74 Å². The van der Waals surface area contributed by atoms with Gasteiger partial charge in [-0.15, -0.1) is 0 Å². The Labute approximate surface area is 122 Å². The van der Waals surface area contributed by atoms with Gasteiger partial charge in [-0.25, -0.2) is 0 Å². The number of methoxy groups -OCH3 is 1. The van der Waals surface area contributed by atoms with E-state index in [-0.39, 0.29) is 0 Å². The first-order valence-corrected chi connectivity index (χ1v) is 6.88. The maximum atomic E-state index is 5.48. The molecule has 3 rings (SSSR count). The molecule has 2 aromatic carbocycles. The minimum Gasteiger partial charge on any atom is -0.496 e. The lowest BCUT2D eigenvalue weighted by atomic mass is 10.2. The van der Waals surface area contributed by atoms with Crippen LogP contribution in [0.2, 0.25) is 0 Å². The number of H-pyrrole nitrogens is 1. The monoisotopic (exact) mass is 284 g/mol. The van der Waals surface area contributed by atoms with Crippen molar-refractivity contribution >= 4 is 23.3 Å². The van der Waals surface area contributed by atoms with Crippen molar-refractivity contribution in [2.75, 3.05) is 7.11 Å². The van der Waals surface area contributed by atoms with E-state index in [9.17, 15) is 0 Å². The molecule has 0 unspecified atom stereocenters. The number of aromatic amines is 1. The molecule has 0 fully saturated rings. The highest BCUT2D eigenvalue weighted by Gasteiger charge is 2.09. The van der Waals surface area contributed by atoms with E-state index in [1.165, 1.54) is 5.56 Å². The molecule has 1 N–H and O–H groups in total. The van der Waals surface area contributed by atoms with Gasteiger partial charge in [-0.3, -0.25) is 4.57 Å². The molecule has 1 heterocycles. The number of nitrogens with zero attached hydrogens (tertiary/aromatic N) is 1. The molecule has 0 amide bonds. The average Bonchev–Trinajstić information content (AvgIpc) is 2.76. The lowest BCUT2D eigenvalue weighted by Gasteiger charge is -2.09. The van der Waals surface area contributed by atoms with Gasteiger partial charge in [0, 0.05) is 5.69 Å². The van der Waals surface area contributed by atoms with Gasteiger partial charge >= 0.3 is 0 Å². The molecule has 0 aliphatic carbocycles. The van der Waals surface area contributed by atoms with E-state index in [1.54, 1.807) is 7.11 Å². The number of para-hydroxylation sites is 1. The second kappa shape index (κ2) is 4.80. The van der Waals surface area contributed by atoms with Crippen LogP contribution in [0.25, 0.3) is 16.7 Å². The lowest BCUT2D eigenvalue weighted by Crippen LogP contribution is -1.96. The topological polar surface area (TPSA) is 29.9 Å². The quantitative estimate of drug-likeness (QED) is 0.710. The van der Waals surface area contributed by atoms with Gasteiger partial charge in [0.1, 0.15) is 5.75 Å². The maximum absolute atomic E-state index is 5.48. The Bertz CT molecular complexity index is 845. The fourth-order valence-corrected chi connectivity index (χ4v) is 2.84. The number of aryl methyl sites for hydroxylation is 2. The summed E-state index contributed by atoms with van der Waals surface area (Å²) in [5.74, 6) is 0.885. The van der Waals surface area contributed by atoms with Crippen molar-refractivity contribution in [1.29, 1.82) is 0 Å². The molecule has 0 aliphatic rings. The first-order valence-electron chi connectivity index (χ1n) is 6.47. The minimum atomic E-state index is 0.707. The Kier molecular flexibility index (Phi) is 3.10. The molecule has 3 aromatic rings. The summed E-state index contributed by atoms with van der Waals surface area (Å²) in [6, 6.07) is 12.3. The van der Waals surface area contributed by atoms with Crippen LogP contribution in [0.5, 0.6) is 5.75 Å². The smallest absolute Gasteiger partial charge is 0.182 e. The van der Waals surface area contributed by atoms with Crippen LogP contribution in [0.4, 0.5) is 0 Å². The Balaban J connectivity index is 2.30. The van der Waals surface area contributed by atoms with Crippen LogP contribution in [-0.2, 0) is 0 Å². The van der Waals surface area contributed by atoms with Gasteiger partial charge in [0.15, 0.2) is 4.77 Å².